The summed E-state index contributed by atoms with van der Waals surface area (Å²) in [7, 11) is 0. The third kappa shape index (κ3) is 2.91. The fourth-order valence-corrected chi connectivity index (χ4v) is 3.50. The average Bonchev–Trinajstić information content (AvgIpc) is 3.08. The van der Waals surface area contributed by atoms with Gasteiger partial charge in [0.15, 0.2) is 6.61 Å². The van der Waals surface area contributed by atoms with Gasteiger partial charge in [-0.2, -0.15) is 8.75 Å². The van der Waals surface area contributed by atoms with E-state index in [0.29, 0.717) is 11.5 Å². The number of fused-ring (bicyclic) bond motifs is 3. The van der Waals surface area contributed by atoms with Crippen molar-refractivity contribution < 1.29 is 19.1 Å². The van der Waals surface area contributed by atoms with Gasteiger partial charge in [0, 0.05) is 11.5 Å². The molecule has 0 aliphatic carbocycles. The number of aromatic nitrogens is 2. The van der Waals surface area contributed by atoms with Crippen LogP contribution in [0.1, 0.15) is 23.5 Å². The van der Waals surface area contributed by atoms with E-state index in [1.165, 1.54) is 0 Å². The maximum absolute atomic E-state index is 12.0. The van der Waals surface area contributed by atoms with E-state index < -0.39 is 5.91 Å². The molecule has 1 aromatic heterocycles. The van der Waals surface area contributed by atoms with E-state index in [9.17, 15) is 9.59 Å². The zero-order valence-corrected chi connectivity index (χ0v) is 13.8. The Hall–Kier alpha value is -3.00. The summed E-state index contributed by atoms with van der Waals surface area (Å²) in [6, 6.07) is 10.8. The lowest BCUT2D eigenvalue weighted by molar-refractivity contribution is -0.135. The molecule has 25 heavy (non-hydrogen) atoms. The van der Waals surface area contributed by atoms with Gasteiger partial charge in [0.1, 0.15) is 22.5 Å². The number of carbonyl (C=O) groups excluding carboxylic acids is 2. The van der Waals surface area contributed by atoms with Gasteiger partial charge in [0.25, 0.3) is 5.91 Å². The lowest BCUT2D eigenvalue weighted by Gasteiger charge is -2.25. The van der Waals surface area contributed by atoms with Gasteiger partial charge in [0.2, 0.25) is 0 Å². The molecule has 0 unspecified atom stereocenters. The van der Waals surface area contributed by atoms with Gasteiger partial charge in [-0.1, -0.05) is 12.1 Å². The number of rotatable bonds is 4. The molecule has 0 fully saturated rings. The number of nitrogens with two attached hydrogens (primary N) is 1. The van der Waals surface area contributed by atoms with Crippen LogP contribution in [-0.2, 0) is 9.59 Å². The summed E-state index contributed by atoms with van der Waals surface area (Å²) in [5.74, 6) is 0.0692. The van der Waals surface area contributed by atoms with Crippen LogP contribution in [0.2, 0.25) is 0 Å². The first-order chi connectivity index (χ1) is 12.1. The molecule has 7 nitrogen and oxygen atoms in total. The molecule has 0 saturated heterocycles. The normalized spacial score (nSPS) is 16.3. The minimum atomic E-state index is -0.536. The highest BCUT2D eigenvalue weighted by molar-refractivity contribution is 7.00. The number of amides is 1. The molecule has 2 heterocycles. The van der Waals surface area contributed by atoms with E-state index in [2.05, 4.69) is 8.75 Å². The molecule has 0 radical (unpaired) electrons. The van der Waals surface area contributed by atoms with Crippen LogP contribution in [0, 0.1) is 0 Å². The van der Waals surface area contributed by atoms with Crippen molar-refractivity contribution in [3.8, 4) is 11.5 Å². The van der Waals surface area contributed by atoms with Gasteiger partial charge in [-0.3, -0.25) is 9.59 Å². The molecule has 3 aromatic rings. The zero-order chi connectivity index (χ0) is 17.4. The van der Waals surface area contributed by atoms with Crippen LogP contribution in [0.5, 0.6) is 11.5 Å². The van der Waals surface area contributed by atoms with Crippen LogP contribution in [0.15, 0.2) is 36.4 Å². The predicted molar refractivity (Wildman–Crippen MR) is 90.6 cm³/mol. The zero-order valence-electron chi connectivity index (χ0n) is 13.0. The molecule has 2 N–H and O–H groups in total. The Morgan fingerprint density at radius 1 is 1.24 bits per heavy atom. The van der Waals surface area contributed by atoms with Crippen molar-refractivity contribution in [2.75, 3.05) is 6.61 Å². The van der Waals surface area contributed by atoms with E-state index in [0.717, 1.165) is 33.9 Å². The first kappa shape index (κ1) is 15.5. The van der Waals surface area contributed by atoms with Gasteiger partial charge in [-0.25, -0.2) is 0 Å². The smallest absolute Gasteiger partial charge is 0.312 e. The third-order valence-corrected chi connectivity index (χ3v) is 4.58. The highest BCUT2D eigenvalue weighted by Gasteiger charge is 2.31. The SMILES string of the molecule is NC(=O)COc1ccc([C@H]2CC(=O)Oc3ccc4nsnc4c32)cc1. The van der Waals surface area contributed by atoms with E-state index in [-0.39, 0.29) is 24.9 Å². The molecule has 4 rings (SSSR count). The Morgan fingerprint density at radius 3 is 2.80 bits per heavy atom. The summed E-state index contributed by atoms with van der Waals surface area (Å²) in [5.41, 5.74) is 8.42. The van der Waals surface area contributed by atoms with Crippen LogP contribution >= 0.6 is 11.7 Å². The Balaban J connectivity index is 1.72. The molecule has 2 aromatic carbocycles. The quantitative estimate of drug-likeness (QED) is 0.567. The summed E-state index contributed by atoms with van der Waals surface area (Å²) in [6.07, 6.45) is 0.227. The number of hydrogen-bond donors (Lipinski definition) is 1. The molecule has 0 spiro atoms. The van der Waals surface area contributed by atoms with Gasteiger partial charge in [-0.05, 0) is 29.8 Å². The molecule has 8 heteroatoms. The van der Waals surface area contributed by atoms with Crippen LogP contribution in [0.3, 0.4) is 0 Å². The molecule has 0 saturated carbocycles. The molecular formula is C17H13N3O4S. The lowest BCUT2D eigenvalue weighted by Crippen LogP contribution is -2.21. The number of esters is 1. The number of carbonyl (C=O) groups is 2. The fraction of sp³-hybridized carbons (Fsp3) is 0.176. The van der Waals surface area contributed by atoms with E-state index in [4.69, 9.17) is 15.2 Å². The van der Waals surface area contributed by atoms with E-state index >= 15 is 0 Å². The van der Waals surface area contributed by atoms with Gasteiger partial charge in [-0.15, -0.1) is 0 Å². The third-order valence-electron chi connectivity index (χ3n) is 4.03. The van der Waals surface area contributed by atoms with Crippen LogP contribution in [-0.4, -0.2) is 27.2 Å². The van der Waals surface area contributed by atoms with Crippen molar-refractivity contribution in [3.05, 3.63) is 47.5 Å². The van der Waals surface area contributed by atoms with Gasteiger partial charge >= 0.3 is 5.97 Å². The van der Waals surface area contributed by atoms with Crippen molar-refractivity contribution in [1.29, 1.82) is 0 Å². The predicted octanol–water partition coefficient (Wildman–Crippen LogP) is 2.00. The Labute approximate surface area is 146 Å². The van der Waals surface area contributed by atoms with Crippen LogP contribution in [0.4, 0.5) is 0 Å². The molecule has 1 aliphatic heterocycles. The number of hydrogen-bond acceptors (Lipinski definition) is 7. The van der Waals surface area contributed by atoms with Crippen molar-refractivity contribution in [2.45, 2.75) is 12.3 Å². The number of primary amides is 1. The fourth-order valence-electron chi connectivity index (χ4n) is 2.95. The first-order valence-electron chi connectivity index (χ1n) is 7.59. The van der Waals surface area contributed by atoms with Gasteiger partial charge in [0.05, 0.1) is 18.1 Å². The maximum Gasteiger partial charge on any atom is 0.312 e. The van der Waals surface area contributed by atoms with Crippen LogP contribution in [0.25, 0.3) is 11.0 Å². The summed E-state index contributed by atoms with van der Waals surface area (Å²) in [4.78, 5) is 22.8. The summed E-state index contributed by atoms with van der Waals surface area (Å²) < 4.78 is 19.3. The molecule has 0 bridgehead atoms. The van der Waals surface area contributed by atoms with Crippen LogP contribution < -0.4 is 15.2 Å². The first-order valence-corrected chi connectivity index (χ1v) is 8.32. The molecule has 1 amide bonds. The average molecular weight is 355 g/mol. The van der Waals surface area contributed by atoms with Crippen molar-refractivity contribution in [3.63, 3.8) is 0 Å². The second-order valence-electron chi connectivity index (χ2n) is 5.66. The number of benzene rings is 2. The highest BCUT2D eigenvalue weighted by Crippen LogP contribution is 2.42. The minimum absolute atomic E-state index is 0.172. The standard InChI is InChI=1S/C17H13N3O4S/c18-14(21)8-23-10-3-1-9(2-4-10)11-7-15(22)24-13-6-5-12-17(16(11)13)20-25-19-12/h1-6,11H,7-8H2,(H2,18,21)/t11-/m1/s1. The molecule has 126 valence electrons. The van der Waals surface area contributed by atoms with Gasteiger partial charge < -0.3 is 15.2 Å². The summed E-state index contributed by atoms with van der Waals surface area (Å²) >= 11 is 1.13. The van der Waals surface area contributed by atoms with Crippen molar-refractivity contribution in [2.24, 2.45) is 5.73 Å². The minimum Gasteiger partial charge on any atom is -0.484 e. The molecular weight excluding hydrogens is 342 g/mol. The van der Waals surface area contributed by atoms with Crippen molar-refractivity contribution in [1.82, 2.24) is 8.75 Å². The lowest BCUT2D eigenvalue weighted by atomic mass is 9.85. The Bertz CT molecular complexity index is 968. The van der Waals surface area contributed by atoms with E-state index in [1.807, 2.05) is 12.1 Å². The number of nitrogens with zero attached hydrogens (tertiary/aromatic N) is 2. The summed E-state index contributed by atoms with van der Waals surface area (Å²) in [5, 5.41) is 0. The van der Waals surface area contributed by atoms with E-state index in [1.54, 1.807) is 24.3 Å². The summed E-state index contributed by atoms with van der Waals surface area (Å²) in [6.45, 7) is -0.178. The second-order valence-corrected chi connectivity index (χ2v) is 6.19. The largest absolute Gasteiger partial charge is 0.484 e. The Kier molecular flexibility index (Phi) is 3.81. The Morgan fingerprint density at radius 2 is 2.04 bits per heavy atom. The molecule has 1 atom stereocenters. The highest BCUT2D eigenvalue weighted by atomic mass is 32.1. The number of ether oxygens (including phenoxy) is 2. The maximum atomic E-state index is 12.0. The monoisotopic (exact) mass is 355 g/mol. The van der Waals surface area contributed by atoms with Crippen molar-refractivity contribution >= 4 is 34.6 Å². The topological polar surface area (TPSA) is 104 Å². The molecule has 1 aliphatic rings. The second kappa shape index (κ2) is 6.14.